The van der Waals surface area contributed by atoms with Crippen LogP contribution in [0.4, 0.5) is 4.39 Å². The van der Waals surface area contributed by atoms with Gasteiger partial charge in [-0.15, -0.1) is 0 Å². The minimum absolute atomic E-state index is 0.117. The van der Waals surface area contributed by atoms with Crippen molar-refractivity contribution in [1.29, 1.82) is 5.26 Å². The van der Waals surface area contributed by atoms with Crippen LogP contribution < -0.4 is 4.74 Å². The van der Waals surface area contributed by atoms with Crippen molar-refractivity contribution in [3.8, 4) is 11.8 Å². The number of hydrogen-bond acceptors (Lipinski definition) is 2. The van der Waals surface area contributed by atoms with E-state index in [2.05, 4.69) is 0 Å². The summed E-state index contributed by atoms with van der Waals surface area (Å²) in [4.78, 5) is 0. The maximum Gasteiger partial charge on any atom is 0.155 e. The van der Waals surface area contributed by atoms with Crippen LogP contribution in [0.1, 0.15) is 12.5 Å². The molecule has 2 nitrogen and oxygen atoms in total. The first-order valence-electron chi connectivity index (χ1n) is 3.71. The molecule has 0 saturated carbocycles. The van der Waals surface area contributed by atoms with Gasteiger partial charge in [0.1, 0.15) is 11.9 Å². The SMILES string of the molecule is CCOc1c(Cl)cc(F)cc1C#N. The predicted molar refractivity (Wildman–Crippen MR) is 47.3 cm³/mol. The second kappa shape index (κ2) is 4.11. The summed E-state index contributed by atoms with van der Waals surface area (Å²) in [6, 6.07) is 4.03. The Labute approximate surface area is 80.5 Å². The molecule has 0 aromatic heterocycles. The Morgan fingerprint density at radius 2 is 2.31 bits per heavy atom. The highest BCUT2D eigenvalue weighted by Crippen LogP contribution is 2.29. The van der Waals surface area contributed by atoms with Crippen LogP contribution in [0.3, 0.4) is 0 Å². The van der Waals surface area contributed by atoms with Gasteiger partial charge < -0.3 is 4.74 Å². The van der Waals surface area contributed by atoms with Crippen LogP contribution in [0, 0.1) is 17.1 Å². The first-order valence-corrected chi connectivity index (χ1v) is 4.08. The standard InChI is InChI=1S/C9H7ClFNO/c1-2-13-9-6(5-12)3-7(11)4-8(9)10/h3-4H,2H2,1H3. The minimum Gasteiger partial charge on any atom is -0.491 e. The molecule has 0 atom stereocenters. The average molecular weight is 200 g/mol. The zero-order valence-corrected chi connectivity index (χ0v) is 7.73. The summed E-state index contributed by atoms with van der Waals surface area (Å²) < 4.78 is 17.8. The first-order chi connectivity index (χ1) is 6.19. The summed E-state index contributed by atoms with van der Waals surface area (Å²) >= 11 is 5.68. The summed E-state index contributed by atoms with van der Waals surface area (Å²) in [6.07, 6.45) is 0. The van der Waals surface area contributed by atoms with E-state index in [1.807, 2.05) is 6.07 Å². The lowest BCUT2D eigenvalue weighted by molar-refractivity contribution is 0.339. The molecule has 13 heavy (non-hydrogen) atoms. The van der Waals surface area contributed by atoms with E-state index in [0.717, 1.165) is 12.1 Å². The van der Waals surface area contributed by atoms with Gasteiger partial charge in [0.25, 0.3) is 0 Å². The van der Waals surface area contributed by atoms with E-state index in [9.17, 15) is 4.39 Å². The summed E-state index contributed by atoms with van der Waals surface area (Å²) in [6.45, 7) is 2.15. The number of benzene rings is 1. The summed E-state index contributed by atoms with van der Waals surface area (Å²) in [5.74, 6) is -0.293. The Hall–Kier alpha value is -1.27. The van der Waals surface area contributed by atoms with Gasteiger partial charge in [-0.25, -0.2) is 4.39 Å². The molecule has 4 heteroatoms. The fourth-order valence-electron chi connectivity index (χ4n) is 0.934. The van der Waals surface area contributed by atoms with Crippen LogP contribution in [-0.4, -0.2) is 6.61 Å². The van der Waals surface area contributed by atoms with Crippen LogP contribution in [0.2, 0.25) is 5.02 Å². The van der Waals surface area contributed by atoms with Gasteiger partial charge in [0.2, 0.25) is 0 Å². The molecule has 68 valence electrons. The summed E-state index contributed by atoms with van der Waals surface area (Å²) in [5, 5.41) is 8.76. The van der Waals surface area contributed by atoms with Gasteiger partial charge in [-0.1, -0.05) is 11.6 Å². The second-order valence-corrected chi connectivity index (χ2v) is 2.72. The van der Waals surface area contributed by atoms with E-state index in [1.54, 1.807) is 6.92 Å². The zero-order valence-electron chi connectivity index (χ0n) is 6.97. The third kappa shape index (κ3) is 2.10. The molecule has 0 radical (unpaired) electrons. The monoisotopic (exact) mass is 199 g/mol. The van der Waals surface area contributed by atoms with Gasteiger partial charge in [0.15, 0.2) is 5.75 Å². The van der Waals surface area contributed by atoms with Crippen molar-refractivity contribution in [3.63, 3.8) is 0 Å². The molecule has 1 aromatic carbocycles. The maximum atomic E-state index is 12.7. The van der Waals surface area contributed by atoms with Crippen molar-refractivity contribution in [2.24, 2.45) is 0 Å². The number of nitriles is 1. The van der Waals surface area contributed by atoms with Crippen LogP contribution in [0.25, 0.3) is 0 Å². The molecule has 0 saturated heterocycles. The molecule has 1 aromatic rings. The second-order valence-electron chi connectivity index (χ2n) is 2.31. The fourth-order valence-corrected chi connectivity index (χ4v) is 1.20. The highest BCUT2D eigenvalue weighted by molar-refractivity contribution is 6.32. The normalized spacial score (nSPS) is 9.38. The van der Waals surface area contributed by atoms with Gasteiger partial charge in [0, 0.05) is 0 Å². The molecule has 0 spiro atoms. The molecule has 0 aliphatic carbocycles. The quantitative estimate of drug-likeness (QED) is 0.734. The fraction of sp³-hybridized carbons (Fsp3) is 0.222. The third-order valence-corrected chi connectivity index (χ3v) is 1.70. The molecule has 0 heterocycles. The van der Waals surface area contributed by atoms with Crippen molar-refractivity contribution >= 4 is 11.6 Å². The van der Waals surface area contributed by atoms with Crippen LogP contribution >= 0.6 is 11.6 Å². The molecule has 0 bridgehead atoms. The highest BCUT2D eigenvalue weighted by atomic mass is 35.5. The van der Waals surface area contributed by atoms with Crippen LogP contribution in [-0.2, 0) is 0 Å². The topological polar surface area (TPSA) is 33.0 Å². The number of hydrogen-bond donors (Lipinski definition) is 0. The Kier molecular flexibility index (Phi) is 3.10. The molecule has 0 amide bonds. The zero-order chi connectivity index (χ0) is 9.84. The molecule has 0 unspecified atom stereocenters. The lowest BCUT2D eigenvalue weighted by Gasteiger charge is -2.06. The Balaban J connectivity index is 3.23. The maximum absolute atomic E-state index is 12.7. The van der Waals surface area contributed by atoms with Crippen LogP contribution in [0.15, 0.2) is 12.1 Å². The van der Waals surface area contributed by atoms with Gasteiger partial charge in [-0.3, -0.25) is 0 Å². The van der Waals surface area contributed by atoms with Crippen molar-refractivity contribution in [3.05, 3.63) is 28.5 Å². The van der Waals surface area contributed by atoms with Gasteiger partial charge >= 0.3 is 0 Å². The third-order valence-electron chi connectivity index (χ3n) is 1.42. The van der Waals surface area contributed by atoms with E-state index in [4.69, 9.17) is 21.6 Å². The summed E-state index contributed by atoms with van der Waals surface area (Å²) in [5.41, 5.74) is 0.117. The van der Waals surface area contributed by atoms with E-state index >= 15 is 0 Å². The van der Waals surface area contributed by atoms with Crippen molar-refractivity contribution in [1.82, 2.24) is 0 Å². The predicted octanol–water partition coefficient (Wildman–Crippen LogP) is 2.75. The van der Waals surface area contributed by atoms with Gasteiger partial charge in [-0.2, -0.15) is 5.26 Å². The van der Waals surface area contributed by atoms with Gasteiger partial charge in [-0.05, 0) is 19.1 Å². The molecule has 0 N–H and O–H groups in total. The summed E-state index contributed by atoms with van der Waals surface area (Å²) in [7, 11) is 0. The molecule has 0 fully saturated rings. The lowest BCUT2D eigenvalue weighted by atomic mass is 10.2. The van der Waals surface area contributed by atoms with Crippen molar-refractivity contribution in [2.75, 3.05) is 6.61 Å². The first kappa shape index (κ1) is 9.82. The average Bonchev–Trinajstić information content (AvgIpc) is 2.09. The van der Waals surface area contributed by atoms with E-state index in [0.29, 0.717) is 6.61 Å². The van der Waals surface area contributed by atoms with Gasteiger partial charge in [0.05, 0.1) is 17.2 Å². The van der Waals surface area contributed by atoms with E-state index in [1.165, 1.54) is 0 Å². The van der Waals surface area contributed by atoms with Crippen molar-refractivity contribution < 1.29 is 9.13 Å². The molecule has 0 aliphatic heterocycles. The Morgan fingerprint density at radius 3 is 2.85 bits per heavy atom. The van der Waals surface area contributed by atoms with Crippen LogP contribution in [0.5, 0.6) is 5.75 Å². The largest absolute Gasteiger partial charge is 0.491 e. The molecule has 0 aliphatic rings. The Bertz CT molecular complexity index is 359. The lowest BCUT2D eigenvalue weighted by Crippen LogP contribution is -1.96. The number of halogens is 2. The van der Waals surface area contributed by atoms with E-state index < -0.39 is 5.82 Å². The smallest absolute Gasteiger partial charge is 0.155 e. The molecular weight excluding hydrogens is 193 g/mol. The van der Waals surface area contributed by atoms with Crippen molar-refractivity contribution in [2.45, 2.75) is 6.92 Å². The molecule has 1 rings (SSSR count). The Morgan fingerprint density at radius 1 is 1.62 bits per heavy atom. The number of rotatable bonds is 2. The van der Waals surface area contributed by atoms with E-state index in [-0.39, 0.29) is 16.3 Å². The highest BCUT2D eigenvalue weighted by Gasteiger charge is 2.09. The number of ether oxygens (including phenoxy) is 1. The number of nitrogens with zero attached hydrogens (tertiary/aromatic N) is 1. The minimum atomic E-state index is -0.537. The molecular formula is C9H7ClFNO.